The molecular weight excluding hydrogens is 420 g/mol. The van der Waals surface area contributed by atoms with Crippen LogP contribution in [0.2, 0.25) is 0 Å². The Morgan fingerprint density at radius 2 is 1.76 bits per heavy atom. The Balaban J connectivity index is 1.71. The molecule has 0 saturated carbocycles. The molecule has 2 aromatic heterocycles. The monoisotopic (exact) mass is 444 g/mol. The molecule has 2 heterocycles. The largest absolute Gasteiger partial charge is 0.497 e. The summed E-state index contributed by atoms with van der Waals surface area (Å²) < 4.78 is 11.7. The van der Waals surface area contributed by atoms with Crippen LogP contribution in [0.25, 0.3) is 11.0 Å². The Hall–Kier alpha value is -4.33. The molecule has 4 rings (SSSR count). The molecule has 0 aliphatic rings. The second-order valence-electron chi connectivity index (χ2n) is 7.39. The van der Waals surface area contributed by atoms with Crippen molar-refractivity contribution in [3.63, 3.8) is 0 Å². The van der Waals surface area contributed by atoms with E-state index < -0.39 is 5.97 Å². The van der Waals surface area contributed by atoms with Gasteiger partial charge in [-0.25, -0.2) is 9.78 Å². The number of nitrogens with one attached hydrogen (secondary N) is 2. The van der Waals surface area contributed by atoms with Crippen molar-refractivity contribution in [1.82, 2.24) is 9.55 Å². The van der Waals surface area contributed by atoms with Crippen LogP contribution in [0.5, 0.6) is 5.75 Å². The van der Waals surface area contributed by atoms with Crippen molar-refractivity contribution in [1.29, 1.82) is 0 Å². The van der Waals surface area contributed by atoms with Crippen LogP contribution in [0.15, 0.2) is 66.9 Å². The minimum Gasteiger partial charge on any atom is -0.497 e. The van der Waals surface area contributed by atoms with Crippen LogP contribution >= 0.6 is 0 Å². The lowest BCUT2D eigenvalue weighted by Crippen LogP contribution is -2.16. The van der Waals surface area contributed by atoms with Gasteiger partial charge in [-0.3, -0.25) is 4.79 Å². The maximum Gasteiger partial charge on any atom is 0.356 e. The van der Waals surface area contributed by atoms with E-state index in [0.717, 1.165) is 11.3 Å². The molecule has 168 valence electrons. The Morgan fingerprint density at radius 3 is 2.42 bits per heavy atom. The van der Waals surface area contributed by atoms with Crippen molar-refractivity contribution in [3.05, 3.63) is 83.7 Å². The Bertz CT molecular complexity index is 1300. The molecule has 4 aromatic rings. The molecule has 2 N–H and O–H groups in total. The molecular formula is C25H24N4O4. The number of aromatic nitrogens is 2. The number of carbonyl (C=O) groups is 2. The molecule has 0 aliphatic carbocycles. The summed E-state index contributed by atoms with van der Waals surface area (Å²) in [4.78, 5) is 30.1. The van der Waals surface area contributed by atoms with Crippen LogP contribution in [-0.4, -0.2) is 35.6 Å². The first-order chi connectivity index (χ1) is 16.0. The summed E-state index contributed by atoms with van der Waals surface area (Å²) in [5.41, 5.74) is 3.40. The van der Waals surface area contributed by atoms with Gasteiger partial charge in [0.25, 0.3) is 5.91 Å². The van der Waals surface area contributed by atoms with E-state index >= 15 is 0 Å². The third-order valence-corrected chi connectivity index (χ3v) is 5.33. The maximum absolute atomic E-state index is 13.0. The van der Waals surface area contributed by atoms with Gasteiger partial charge in [-0.15, -0.1) is 0 Å². The summed E-state index contributed by atoms with van der Waals surface area (Å²) in [6.07, 6.45) is 1.70. The van der Waals surface area contributed by atoms with Gasteiger partial charge < -0.3 is 24.7 Å². The van der Waals surface area contributed by atoms with E-state index in [1.807, 2.05) is 36.4 Å². The molecule has 0 aliphatic heterocycles. The number of pyridine rings is 1. The average molecular weight is 444 g/mol. The third kappa shape index (κ3) is 4.50. The van der Waals surface area contributed by atoms with Gasteiger partial charge in [0.05, 0.1) is 31.8 Å². The highest BCUT2D eigenvalue weighted by molar-refractivity contribution is 6.14. The summed E-state index contributed by atoms with van der Waals surface area (Å²) in [6, 6.07) is 18.5. The van der Waals surface area contributed by atoms with Gasteiger partial charge in [-0.1, -0.05) is 30.3 Å². The quantitative estimate of drug-likeness (QED) is 0.414. The van der Waals surface area contributed by atoms with Gasteiger partial charge in [0.15, 0.2) is 5.69 Å². The molecule has 0 fully saturated rings. The van der Waals surface area contributed by atoms with Crippen LogP contribution in [0, 0.1) is 0 Å². The highest BCUT2D eigenvalue weighted by Crippen LogP contribution is 2.32. The summed E-state index contributed by atoms with van der Waals surface area (Å²) in [7, 11) is 4.57. The average Bonchev–Trinajstić information content (AvgIpc) is 3.13. The smallest absolute Gasteiger partial charge is 0.356 e. The first kappa shape index (κ1) is 21.9. The fraction of sp³-hybridized carbons (Fsp3) is 0.160. The van der Waals surface area contributed by atoms with Crippen LogP contribution in [0.4, 0.5) is 11.4 Å². The third-order valence-electron chi connectivity index (χ3n) is 5.33. The standard InChI is InChI=1S/C25H24N4O4/c1-29-22(25(31)33-3)21(28-24(30)17-9-11-19(32-2)12-10-17)20-13-18(15-27-23(20)29)26-14-16-7-5-4-6-8-16/h4-13,15,26H,14H2,1-3H3,(H,28,30). The molecule has 0 unspecified atom stereocenters. The molecule has 8 heteroatoms. The summed E-state index contributed by atoms with van der Waals surface area (Å²) >= 11 is 0. The van der Waals surface area contributed by atoms with Crippen molar-refractivity contribution in [2.75, 3.05) is 24.9 Å². The lowest BCUT2D eigenvalue weighted by Gasteiger charge is -2.09. The van der Waals surface area contributed by atoms with Crippen LogP contribution in [0.3, 0.4) is 0 Å². The summed E-state index contributed by atoms with van der Waals surface area (Å²) in [6.45, 7) is 0.609. The fourth-order valence-corrected chi connectivity index (χ4v) is 3.60. The Labute approximate surface area is 191 Å². The Morgan fingerprint density at radius 1 is 1.03 bits per heavy atom. The number of fused-ring (bicyclic) bond motifs is 1. The van der Waals surface area contributed by atoms with Gasteiger partial charge in [-0.05, 0) is 35.9 Å². The second-order valence-corrected chi connectivity index (χ2v) is 7.39. The van der Waals surface area contributed by atoms with Gasteiger partial charge in [-0.2, -0.15) is 0 Å². The molecule has 0 saturated heterocycles. The molecule has 1 amide bonds. The van der Waals surface area contributed by atoms with Gasteiger partial charge in [0, 0.05) is 24.5 Å². The number of hydrogen-bond acceptors (Lipinski definition) is 6. The number of carbonyl (C=O) groups excluding carboxylic acids is 2. The molecule has 8 nitrogen and oxygen atoms in total. The SMILES string of the molecule is COC(=O)c1c(NC(=O)c2ccc(OC)cc2)c2cc(NCc3ccccc3)cnc2n1C. The van der Waals surface area contributed by atoms with Gasteiger partial charge in [0.1, 0.15) is 11.4 Å². The summed E-state index contributed by atoms with van der Waals surface area (Å²) in [5, 5.41) is 6.83. The van der Waals surface area contributed by atoms with Gasteiger partial charge in [0.2, 0.25) is 0 Å². The van der Waals surface area contributed by atoms with Gasteiger partial charge >= 0.3 is 5.97 Å². The first-order valence-corrected chi connectivity index (χ1v) is 10.3. The van der Waals surface area contributed by atoms with E-state index in [1.54, 1.807) is 49.2 Å². The highest BCUT2D eigenvalue weighted by atomic mass is 16.5. The first-order valence-electron chi connectivity index (χ1n) is 10.3. The number of ether oxygens (including phenoxy) is 2. The number of methoxy groups -OCH3 is 2. The minimum absolute atomic E-state index is 0.210. The number of benzene rings is 2. The van der Waals surface area contributed by atoms with E-state index in [1.165, 1.54) is 7.11 Å². The number of amides is 1. The normalized spacial score (nSPS) is 10.6. The van der Waals surface area contributed by atoms with Crippen molar-refractivity contribution < 1.29 is 19.1 Å². The molecule has 0 spiro atoms. The van der Waals surface area contributed by atoms with Crippen LogP contribution in [0.1, 0.15) is 26.4 Å². The predicted molar refractivity (Wildman–Crippen MR) is 127 cm³/mol. The van der Waals surface area contributed by atoms with Crippen molar-refractivity contribution in [3.8, 4) is 5.75 Å². The maximum atomic E-state index is 13.0. The second kappa shape index (κ2) is 9.44. The van der Waals surface area contributed by atoms with E-state index in [4.69, 9.17) is 9.47 Å². The number of anilines is 2. The zero-order valence-electron chi connectivity index (χ0n) is 18.6. The number of aryl methyl sites for hydroxylation is 1. The molecule has 0 radical (unpaired) electrons. The number of esters is 1. The van der Waals surface area contributed by atoms with E-state index in [2.05, 4.69) is 15.6 Å². The Kier molecular flexibility index (Phi) is 6.26. The molecule has 0 atom stereocenters. The number of nitrogens with zero attached hydrogens (tertiary/aromatic N) is 2. The topological polar surface area (TPSA) is 94.5 Å². The zero-order valence-corrected chi connectivity index (χ0v) is 18.6. The van der Waals surface area contributed by atoms with E-state index in [0.29, 0.717) is 34.6 Å². The van der Waals surface area contributed by atoms with Crippen LogP contribution in [-0.2, 0) is 18.3 Å². The molecule has 2 aromatic carbocycles. The lowest BCUT2D eigenvalue weighted by atomic mass is 10.2. The molecule has 0 bridgehead atoms. The van der Waals surface area contributed by atoms with Crippen molar-refractivity contribution in [2.24, 2.45) is 7.05 Å². The zero-order chi connectivity index (χ0) is 23.4. The van der Waals surface area contributed by atoms with Crippen molar-refractivity contribution in [2.45, 2.75) is 6.54 Å². The summed E-state index contributed by atoms with van der Waals surface area (Å²) in [5.74, 6) is -0.289. The van der Waals surface area contributed by atoms with Crippen molar-refractivity contribution >= 4 is 34.3 Å². The van der Waals surface area contributed by atoms with Crippen LogP contribution < -0.4 is 15.4 Å². The predicted octanol–water partition coefficient (Wildman–Crippen LogP) is 4.23. The fourth-order valence-electron chi connectivity index (χ4n) is 3.60. The number of hydrogen-bond donors (Lipinski definition) is 2. The van der Waals surface area contributed by atoms with E-state index in [-0.39, 0.29) is 11.6 Å². The molecule has 33 heavy (non-hydrogen) atoms. The minimum atomic E-state index is -0.570. The van der Waals surface area contributed by atoms with E-state index in [9.17, 15) is 9.59 Å². The highest BCUT2D eigenvalue weighted by Gasteiger charge is 2.25. The lowest BCUT2D eigenvalue weighted by molar-refractivity contribution is 0.0591. The number of rotatable bonds is 7.